The van der Waals surface area contributed by atoms with E-state index in [-0.39, 0.29) is 13.0 Å². The number of ether oxygens (including phenoxy) is 3. The molecule has 0 fully saturated rings. The minimum Gasteiger partial charge on any atom is -0.497 e. The molecule has 0 unspecified atom stereocenters. The summed E-state index contributed by atoms with van der Waals surface area (Å²) in [6.45, 7) is 3.45. The summed E-state index contributed by atoms with van der Waals surface area (Å²) < 4.78 is 17.0. The molecular weight excluding hydrogens is 586 g/mol. The van der Waals surface area contributed by atoms with Crippen LogP contribution in [0.15, 0.2) is 66.7 Å². The van der Waals surface area contributed by atoms with Crippen LogP contribution in [0.3, 0.4) is 0 Å². The Morgan fingerprint density at radius 3 is 2.30 bits per heavy atom. The van der Waals surface area contributed by atoms with E-state index in [1.54, 1.807) is 31.4 Å². The van der Waals surface area contributed by atoms with Crippen LogP contribution in [0.4, 0.5) is 10.5 Å². The average molecular weight is 636 g/mol. The molecule has 3 aromatic rings. The third kappa shape index (κ3) is 16.9. The topological polar surface area (TPSA) is 153 Å². The van der Waals surface area contributed by atoms with Crippen LogP contribution in [0.5, 0.6) is 17.2 Å². The van der Waals surface area contributed by atoms with Gasteiger partial charge in [0.15, 0.2) is 0 Å². The van der Waals surface area contributed by atoms with Gasteiger partial charge in [-0.15, -0.1) is 0 Å². The molecule has 0 bridgehead atoms. The summed E-state index contributed by atoms with van der Waals surface area (Å²) in [7, 11) is 1.69. The van der Waals surface area contributed by atoms with Crippen LogP contribution >= 0.6 is 0 Å². The second-order valence-electron chi connectivity index (χ2n) is 10.7. The number of amides is 1. The van der Waals surface area contributed by atoms with Gasteiger partial charge in [0.05, 0.1) is 25.8 Å². The number of nitrogen functional groups attached to an aromatic ring is 1. The van der Waals surface area contributed by atoms with E-state index in [0.717, 1.165) is 37.9 Å². The maximum atomic E-state index is 10.9. The van der Waals surface area contributed by atoms with Gasteiger partial charge in [0.1, 0.15) is 29.5 Å². The largest absolute Gasteiger partial charge is 0.497 e. The van der Waals surface area contributed by atoms with E-state index in [1.807, 2.05) is 43.3 Å². The lowest BCUT2D eigenvalue weighted by molar-refractivity contribution is -0.135. The van der Waals surface area contributed by atoms with Crippen molar-refractivity contribution in [2.24, 2.45) is 0 Å². The molecule has 5 N–H and O–H groups in total. The molecule has 1 amide bonds. The van der Waals surface area contributed by atoms with Crippen molar-refractivity contribution in [3.63, 3.8) is 0 Å². The quantitative estimate of drug-likeness (QED) is 0.0720. The highest BCUT2D eigenvalue weighted by Crippen LogP contribution is 2.22. The summed E-state index contributed by atoms with van der Waals surface area (Å²) in [5, 5.41) is 19.3. The maximum absolute atomic E-state index is 10.9. The highest BCUT2D eigenvalue weighted by atomic mass is 16.5. The van der Waals surface area contributed by atoms with Crippen LogP contribution < -0.4 is 25.3 Å². The number of aryl methyl sites for hydroxylation is 1. The second kappa shape index (κ2) is 22.7. The Balaban J connectivity index is 0.000000812. The smallest absolute Gasteiger partial charge is 0.404 e. The molecule has 2 aromatic carbocycles. The lowest BCUT2D eigenvalue weighted by Gasteiger charge is -2.11. The van der Waals surface area contributed by atoms with Gasteiger partial charge in [-0.3, -0.25) is 4.79 Å². The number of hydrogen-bond acceptors (Lipinski definition) is 7. The highest BCUT2D eigenvalue weighted by Gasteiger charge is 2.07. The number of nitrogens with two attached hydrogens (primary N) is 1. The molecule has 0 saturated heterocycles. The van der Waals surface area contributed by atoms with Crippen molar-refractivity contribution in [3.8, 4) is 17.2 Å². The fourth-order valence-corrected chi connectivity index (χ4v) is 4.34. The molecule has 10 heteroatoms. The van der Waals surface area contributed by atoms with Crippen LogP contribution in [0.2, 0.25) is 0 Å². The van der Waals surface area contributed by atoms with E-state index in [9.17, 15) is 9.59 Å². The predicted octanol–water partition coefficient (Wildman–Crippen LogP) is 7.76. The number of nitrogens with one attached hydrogen (secondary N) is 1. The van der Waals surface area contributed by atoms with Crippen molar-refractivity contribution in [3.05, 3.63) is 83.7 Å². The summed E-state index contributed by atoms with van der Waals surface area (Å²) in [4.78, 5) is 25.3. The van der Waals surface area contributed by atoms with Gasteiger partial charge >= 0.3 is 12.1 Å². The number of anilines is 1. The average Bonchev–Trinajstić information content (AvgIpc) is 3.04. The zero-order valence-corrected chi connectivity index (χ0v) is 27.1. The first-order chi connectivity index (χ1) is 22.3. The van der Waals surface area contributed by atoms with E-state index >= 15 is 0 Å². The van der Waals surface area contributed by atoms with E-state index in [0.29, 0.717) is 41.7 Å². The summed E-state index contributed by atoms with van der Waals surface area (Å²) >= 11 is 0. The number of hydrogen-bond donors (Lipinski definition) is 4. The highest BCUT2D eigenvalue weighted by molar-refractivity contribution is 5.70. The Hall–Kier alpha value is -4.73. The van der Waals surface area contributed by atoms with Gasteiger partial charge in [0, 0.05) is 18.3 Å². The number of carboxylic acid groups (broad SMARTS) is 2. The number of rotatable bonds is 20. The number of aliphatic carboxylic acids is 1. The molecule has 0 aliphatic heterocycles. The number of aromatic nitrogens is 1. The molecule has 0 aliphatic rings. The lowest BCUT2D eigenvalue weighted by atomic mass is 10.0. The molecule has 10 nitrogen and oxygen atoms in total. The summed E-state index contributed by atoms with van der Waals surface area (Å²) in [6, 6.07) is 19.2. The number of nitrogens with zero attached hydrogens (tertiary/aromatic N) is 1. The normalized spacial score (nSPS) is 10.6. The van der Waals surface area contributed by atoms with Gasteiger partial charge in [0.2, 0.25) is 0 Å². The van der Waals surface area contributed by atoms with Crippen molar-refractivity contribution in [2.45, 2.75) is 77.7 Å². The van der Waals surface area contributed by atoms with Crippen molar-refractivity contribution in [1.82, 2.24) is 10.3 Å². The lowest BCUT2D eigenvalue weighted by Crippen LogP contribution is -2.21. The molecule has 0 radical (unpaired) electrons. The molecule has 0 spiro atoms. The molecule has 1 aromatic heterocycles. The van der Waals surface area contributed by atoms with Crippen molar-refractivity contribution in [2.75, 3.05) is 26.0 Å². The third-order valence-corrected chi connectivity index (χ3v) is 6.84. The molecule has 250 valence electrons. The van der Waals surface area contributed by atoms with Crippen LogP contribution in [0.25, 0.3) is 6.08 Å². The summed E-state index contributed by atoms with van der Waals surface area (Å²) in [5.41, 5.74) is 9.09. The number of unbranched alkanes of at least 4 members (excludes halogenated alkanes) is 6. The van der Waals surface area contributed by atoms with Crippen LogP contribution in [-0.4, -0.2) is 47.5 Å². The first kappa shape index (κ1) is 37.5. The van der Waals surface area contributed by atoms with Crippen molar-refractivity contribution in [1.29, 1.82) is 0 Å². The minimum absolute atomic E-state index is 0.0798. The number of methoxy groups -OCH3 is 1. The second-order valence-corrected chi connectivity index (χ2v) is 10.7. The van der Waals surface area contributed by atoms with E-state index in [1.165, 1.54) is 31.2 Å². The number of carboxylic acids is 1. The Labute approximate surface area is 272 Å². The minimum atomic E-state index is -0.932. The zero-order valence-electron chi connectivity index (χ0n) is 27.1. The van der Waals surface area contributed by atoms with Crippen LogP contribution in [0, 0.1) is 0 Å². The van der Waals surface area contributed by atoms with Crippen LogP contribution in [0.1, 0.15) is 81.7 Å². The van der Waals surface area contributed by atoms with E-state index in [4.69, 9.17) is 30.2 Å². The summed E-state index contributed by atoms with van der Waals surface area (Å²) in [6.07, 6.45) is 12.2. The summed E-state index contributed by atoms with van der Waals surface area (Å²) in [5.74, 6) is 1.30. The fraction of sp³-hybridized carbons (Fsp3) is 0.417. The van der Waals surface area contributed by atoms with Crippen LogP contribution in [-0.2, 0) is 17.8 Å². The van der Waals surface area contributed by atoms with Gasteiger partial charge in [-0.1, -0.05) is 63.3 Å². The van der Waals surface area contributed by atoms with E-state index in [2.05, 4.69) is 22.4 Å². The van der Waals surface area contributed by atoms with Gasteiger partial charge in [0.25, 0.3) is 0 Å². The molecule has 46 heavy (non-hydrogen) atoms. The standard InChI is InChI=1S/C31H38N2O5.C5H11NO2/c1-36-27-18-15-24(16-19-27)10-6-4-2-3-5-7-21-37-30-20-17-26(33-29(30)13-9-14-31(34)35)23-38-28-12-8-11-25(32)22-28;1-2-3-4-6-5(7)8/h8-9,11-13,15-20,22H,2-7,10,14,21,23,32H2,1H3,(H,34,35);6H,2-4H2,1H3,(H,7,8)/b13-9+;. The van der Waals surface area contributed by atoms with Gasteiger partial charge in [-0.2, -0.15) is 0 Å². The Kier molecular flexibility index (Phi) is 18.5. The molecular formula is C36H49N3O7. The molecule has 0 atom stereocenters. The first-order valence-electron chi connectivity index (χ1n) is 15.9. The molecule has 0 saturated carbocycles. The monoisotopic (exact) mass is 635 g/mol. The van der Waals surface area contributed by atoms with Crippen molar-refractivity contribution < 1.29 is 34.0 Å². The van der Waals surface area contributed by atoms with Crippen molar-refractivity contribution >= 4 is 23.8 Å². The third-order valence-electron chi connectivity index (χ3n) is 6.84. The fourth-order valence-electron chi connectivity index (χ4n) is 4.34. The maximum Gasteiger partial charge on any atom is 0.404 e. The number of benzene rings is 2. The van der Waals surface area contributed by atoms with Gasteiger partial charge < -0.3 is 35.5 Å². The number of pyridine rings is 1. The molecule has 0 aliphatic carbocycles. The van der Waals surface area contributed by atoms with E-state index < -0.39 is 12.1 Å². The molecule has 1 heterocycles. The molecule has 3 rings (SSSR count). The Morgan fingerprint density at radius 2 is 1.63 bits per heavy atom. The number of carbonyl (C=O) groups is 2. The Bertz CT molecular complexity index is 1330. The zero-order chi connectivity index (χ0) is 33.4. The Morgan fingerprint density at radius 1 is 0.891 bits per heavy atom. The van der Waals surface area contributed by atoms with Gasteiger partial charge in [-0.05, 0) is 73.7 Å². The SMILES string of the molecule is CCCCNC(=O)O.COc1ccc(CCCCCCCCOc2ccc(COc3cccc(N)c3)nc2/C=C/CC(=O)O)cc1. The first-order valence-corrected chi connectivity index (χ1v) is 15.9. The predicted molar refractivity (Wildman–Crippen MR) is 182 cm³/mol. The van der Waals surface area contributed by atoms with Gasteiger partial charge in [-0.25, -0.2) is 9.78 Å².